The van der Waals surface area contributed by atoms with Crippen LogP contribution in [0.25, 0.3) is 0 Å². The molecule has 1 fully saturated rings. The first-order valence-electron chi connectivity index (χ1n) is 7.31. The van der Waals surface area contributed by atoms with Crippen molar-refractivity contribution >= 4 is 5.91 Å². The highest BCUT2D eigenvalue weighted by Crippen LogP contribution is 2.32. The lowest BCUT2D eigenvalue weighted by atomic mass is 9.76. The number of carbonyl (C=O) groups excluding carboxylic acids is 1. The van der Waals surface area contributed by atoms with E-state index in [1.54, 1.807) is 0 Å². The predicted molar refractivity (Wildman–Crippen MR) is 73.4 cm³/mol. The van der Waals surface area contributed by atoms with E-state index in [4.69, 9.17) is 5.11 Å². The number of hydrogen-bond donors (Lipinski definition) is 3. The molecule has 0 spiro atoms. The molecule has 0 aliphatic carbocycles. The molecule has 0 aromatic heterocycles. The molecule has 1 heterocycles. The van der Waals surface area contributed by atoms with Gasteiger partial charge in [-0.05, 0) is 38.6 Å². The largest absolute Gasteiger partial charge is 0.396 e. The van der Waals surface area contributed by atoms with Crippen LogP contribution >= 0.6 is 0 Å². The van der Waals surface area contributed by atoms with E-state index < -0.39 is 0 Å². The van der Waals surface area contributed by atoms with Crippen molar-refractivity contribution in [2.45, 2.75) is 58.4 Å². The summed E-state index contributed by atoms with van der Waals surface area (Å²) in [4.78, 5) is 12.5. The smallest absolute Gasteiger partial charge is 0.227 e. The number of aliphatic hydroxyl groups is 1. The molecule has 2 atom stereocenters. The van der Waals surface area contributed by atoms with E-state index in [-0.39, 0.29) is 24.0 Å². The summed E-state index contributed by atoms with van der Waals surface area (Å²) in [5.41, 5.74) is -0.226. The minimum atomic E-state index is -0.226. The van der Waals surface area contributed by atoms with Crippen LogP contribution in [0.5, 0.6) is 0 Å². The van der Waals surface area contributed by atoms with Gasteiger partial charge in [-0.15, -0.1) is 0 Å². The lowest BCUT2D eigenvalue weighted by Crippen LogP contribution is -2.52. The van der Waals surface area contributed by atoms with Gasteiger partial charge in [-0.1, -0.05) is 20.3 Å². The molecular formula is C14H28N2O2. The van der Waals surface area contributed by atoms with Crippen molar-refractivity contribution in [3.63, 3.8) is 0 Å². The van der Waals surface area contributed by atoms with Crippen LogP contribution in [-0.4, -0.2) is 36.8 Å². The highest BCUT2D eigenvalue weighted by atomic mass is 16.3. The summed E-state index contributed by atoms with van der Waals surface area (Å²) in [6, 6.07) is 0.109. The topological polar surface area (TPSA) is 61.4 Å². The maximum absolute atomic E-state index is 12.5. The zero-order chi connectivity index (χ0) is 13.4. The van der Waals surface area contributed by atoms with Crippen molar-refractivity contribution in [1.29, 1.82) is 0 Å². The molecule has 4 heteroatoms. The molecule has 0 saturated carbocycles. The molecule has 0 bridgehead atoms. The predicted octanol–water partition coefficient (Wildman–Crippen LogP) is 1.43. The Hall–Kier alpha value is -0.610. The maximum Gasteiger partial charge on any atom is 0.227 e. The number of hydrogen-bond acceptors (Lipinski definition) is 3. The van der Waals surface area contributed by atoms with Crippen molar-refractivity contribution < 1.29 is 9.90 Å². The van der Waals surface area contributed by atoms with Crippen LogP contribution in [0.4, 0.5) is 0 Å². The third kappa shape index (κ3) is 3.95. The molecule has 1 aliphatic rings. The summed E-state index contributed by atoms with van der Waals surface area (Å²) >= 11 is 0. The number of piperidine rings is 1. The fraction of sp³-hybridized carbons (Fsp3) is 0.929. The highest BCUT2D eigenvalue weighted by molar-refractivity contribution is 5.83. The SMILES string of the molecule is CCCC1(C(=O)NC(CC)CCO)CCCNC1. The van der Waals surface area contributed by atoms with Crippen molar-refractivity contribution in [2.75, 3.05) is 19.7 Å². The number of rotatable bonds is 7. The van der Waals surface area contributed by atoms with E-state index in [2.05, 4.69) is 17.6 Å². The average molecular weight is 256 g/mol. The molecule has 0 radical (unpaired) electrons. The van der Waals surface area contributed by atoms with Crippen molar-refractivity contribution in [2.24, 2.45) is 5.41 Å². The van der Waals surface area contributed by atoms with Gasteiger partial charge in [0, 0.05) is 19.2 Å². The zero-order valence-electron chi connectivity index (χ0n) is 11.8. The summed E-state index contributed by atoms with van der Waals surface area (Å²) in [7, 11) is 0. The third-order valence-electron chi connectivity index (χ3n) is 3.99. The summed E-state index contributed by atoms with van der Waals surface area (Å²) < 4.78 is 0. The molecule has 1 saturated heterocycles. The standard InChI is InChI=1S/C14H28N2O2/c1-3-7-14(8-5-9-15-11-14)13(18)16-12(4-2)6-10-17/h12,15,17H,3-11H2,1-2H3,(H,16,18). The van der Waals surface area contributed by atoms with E-state index in [0.717, 1.165) is 45.2 Å². The Balaban J connectivity index is 2.63. The van der Waals surface area contributed by atoms with Gasteiger partial charge in [0.1, 0.15) is 0 Å². The Bertz CT molecular complexity index is 245. The number of amides is 1. The van der Waals surface area contributed by atoms with Crippen molar-refractivity contribution in [3.8, 4) is 0 Å². The lowest BCUT2D eigenvalue weighted by Gasteiger charge is -2.37. The van der Waals surface area contributed by atoms with Crippen LogP contribution in [0.3, 0.4) is 0 Å². The van der Waals surface area contributed by atoms with Crippen LogP contribution in [0.1, 0.15) is 52.4 Å². The Morgan fingerprint density at radius 1 is 1.50 bits per heavy atom. The molecular weight excluding hydrogens is 228 g/mol. The van der Waals surface area contributed by atoms with Crippen molar-refractivity contribution in [3.05, 3.63) is 0 Å². The van der Waals surface area contributed by atoms with Crippen molar-refractivity contribution in [1.82, 2.24) is 10.6 Å². The Morgan fingerprint density at radius 3 is 2.78 bits per heavy atom. The highest BCUT2D eigenvalue weighted by Gasteiger charge is 2.39. The number of aliphatic hydroxyl groups excluding tert-OH is 1. The molecule has 3 N–H and O–H groups in total. The van der Waals surface area contributed by atoms with Crippen LogP contribution in [0.2, 0.25) is 0 Å². The monoisotopic (exact) mass is 256 g/mol. The van der Waals surface area contributed by atoms with Gasteiger partial charge in [0.2, 0.25) is 5.91 Å². The average Bonchev–Trinajstić information content (AvgIpc) is 2.39. The number of nitrogens with one attached hydrogen (secondary N) is 2. The Morgan fingerprint density at radius 2 is 2.28 bits per heavy atom. The van der Waals surface area contributed by atoms with Crippen LogP contribution < -0.4 is 10.6 Å². The van der Waals surface area contributed by atoms with Crippen LogP contribution in [-0.2, 0) is 4.79 Å². The molecule has 106 valence electrons. The third-order valence-corrected chi connectivity index (χ3v) is 3.99. The first-order valence-corrected chi connectivity index (χ1v) is 7.31. The van der Waals surface area contributed by atoms with E-state index in [0.29, 0.717) is 6.42 Å². The second-order valence-corrected chi connectivity index (χ2v) is 5.40. The van der Waals surface area contributed by atoms with Crippen LogP contribution in [0, 0.1) is 5.41 Å². The molecule has 0 aromatic rings. The molecule has 1 aliphatic heterocycles. The molecule has 2 unspecified atom stereocenters. The molecule has 0 aromatic carbocycles. The minimum Gasteiger partial charge on any atom is -0.396 e. The van der Waals surface area contributed by atoms with Gasteiger partial charge < -0.3 is 15.7 Å². The fourth-order valence-corrected chi connectivity index (χ4v) is 2.84. The first kappa shape index (κ1) is 15.4. The van der Waals surface area contributed by atoms with E-state index in [9.17, 15) is 4.79 Å². The minimum absolute atomic E-state index is 0.109. The summed E-state index contributed by atoms with van der Waals surface area (Å²) in [6.45, 7) is 6.13. The van der Waals surface area contributed by atoms with Gasteiger partial charge in [0.25, 0.3) is 0 Å². The van der Waals surface area contributed by atoms with Gasteiger partial charge in [-0.3, -0.25) is 4.79 Å². The second-order valence-electron chi connectivity index (χ2n) is 5.40. The second kappa shape index (κ2) is 7.74. The Kier molecular flexibility index (Phi) is 6.65. The van der Waals surface area contributed by atoms with Gasteiger partial charge in [-0.2, -0.15) is 0 Å². The van der Waals surface area contributed by atoms with Gasteiger partial charge >= 0.3 is 0 Å². The van der Waals surface area contributed by atoms with E-state index in [1.165, 1.54) is 0 Å². The zero-order valence-corrected chi connectivity index (χ0v) is 11.8. The van der Waals surface area contributed by atoms with Gasteiger partial charge in [0.05, 0.1) is 5.41 Å². The summed E-state index contributed by atoms with van der Waals surface area (Å²) in [5, 5.41) is 15.5. The molecule has 18 heavy (non-hydrogen) atoms. The molecule has 4 nitrogen and oxygen atoms in total. The summed E-state index contributed by atoms with van der Waals surface area (Å²) in [6.07, 6.45) is 5.56. The van der Waals surface area contributed by atoms with E-state index >= 15 is 0 Å². The van der Waals surface area contributed by atoms with Gasteiger partial charge in [0.15, 0.2) is 0 Å². The molecule has 1 amide bonds. The fourth-order valence-electron chi connectivity index (χ4n) is 2.84. The Labute approximate surface area is 111 Å². The molecule has 1 rings (SSSR count). The quantitative estimate of drug-likeness (QED) is 0.646. The van der Waals surface area contributed by atoms with E-state index in [1.807, 2.05) is 6.92 Å². The van der Waals surface area contributed by atoms with Gasteiger partial charge in [-0.25, -0.2) is 0 Å². The normalized spacial score (nSPS) is 25.7. The maximum atomic E-state index is 12.5. The van der Waals surface area contributed by atoms with Crippen LogP contribution in [0.15, 0.2) is 0 Å². The summed E-state index contributed by atoms with van der Waals surface area (Å²) in [5.74, 6) is 0.178. The first-order chi connectivity index (χ1) is 8.68. The lowest BCUT2D eigenvalue weighted by molar-refractivity contribution is -0.133. The number of carbonyl (C=O) groups is 1.